The fraction of sp³-hybridized carbons (Fsp3) is 0.457. The lowest BCUT2D eigenvalue weighted by Gasteiger charge is -2.33. The number of alkyl halides is 3. The molecule has 2 unspecified atom stereocenters. The molecule has 16 heteroatoms. The Balaban J connectivity index is 1.41. The van der Waals surface area contributed by atoms with Gasteiger partial charge in [0.05, 0.1) is 12.1 Å². The van der Waals surface area contributed by atoms with Crippen LogP contribution in [0.2, 0.25) is 10.0 Å². The van der Waals surface area contributed by atoms with Gasteiger partial charge in [0.2, 0.25) is 16.9 Å². The van der Waals surface area contributed by atoms with Crippen LogP contribution in [0.5, 0.6) is 5.88 Å². The molecule has 1 aliphatic rings. The summed E-state index contributed by atoms with van der Waals surface area (Å²) in [6.45, 7) is 12.5. The number of carbonyl (C=O) groups is 2. The molecule has 4 aromatic rings. The number of allylic oxidation sites excluding steroid dienone is 1. The zero-order valence-electron chi connectivity index (χ0n) is 36.0. The summed E-state index contributed by atoms with van der Waals surface area (Å²) >= 11 is 12.6. The van der Waals surface area contributed by atoms with Gasteiger partial charge in [-0.3, -0.25) is 4.79 Å². The number of pyridine rings is 1. The summed E-state index contributed by atoms with van der Waals surface area (Å²) in [6, 6.07) is 22.7. The minimum atomic E-state index is -4.83. The molecular formula is C46H55Cl2F3N4O6S. The van der Waals surface area contributed by atoms with E-state index in [9.17, 15) is 27.0 Å². The second kappa shape index (κ2) is 20.5. The fourth-order valence-corrected chi connectivity index (χ4v) is 8.08. The number of nitrogens with zero attached hydrogens (tertiary/aromatic N) is 2. The SMILES string of the molecule is CCC(C)(CCC=O)O/C=C(\C)NC(=O)C(C)(C)OCC(C)(C)Oc1cc(NC2CCN(S(=O)C(F)(F)F)CC2)c2cc(C(c3ccc(Cl)cc3)c3ccc(Cl)cc3)ccc2n1. The van der Waals surface area contributed by atoms with Crippen molar-refractivity contribution in [3.05, 3.63) is 111 Å². The first-order chi connectivity index (χ1) is 29.1. The average Bonchev–Trinajstić information content (AvgIpc) is 3.22. The van der Waals surface area contributed by atoms with Crippen molar-refractivity contribution in [2.24, 2.45) is 0 Å². The molecule has 1 aromatic heterocycles. The number of aldehydes is 1. The Kier molecular flexibility index (Phi) is 16.2. The van der Waals surface area contributed by atoms with E-state index < -0.39 is 39.2 Å². The number of carbonyl (C=O) groups excluding carboxylic acids is 2. The van der Waals surface area contributed by atoms with Gasteiger partial charge in [-0.25, -0.2) is 13.5 Å². The zero-order valence-corrected chi connectivity index (χ0v) is 38.4. The lowest BCUT2D eigenvalue weighted by atomic mass is 9.84. The van der Waals surface area contributed by atoms with Crippen LogP contribution in [-0.2, 0) is 30.0 Å². The van der Waals surface area contributed by atoms with Crippen molar-refractivity contribution >= 4 is 63.0 Å². The van der Waals surface area contributed by atoms with Crippen LogP contribution in [0.25, 0.3) is 10.9 Å². The standard InChI is InChI=1S/C46H55Cl2F3N4O6S/c1-8-45(7,22-9-25-56)59-28-30(2)52-42(57)44(5,6)60-29-43(3,4)61-40-27-39(53-36-20-23-55(24-21-36)62(58)46(49,50)51)37-26-33(14-19-38(37)54-40)41(31-10-15-34(47)16-11-31)32-12-17-35(48)18-13-32/h10-19,25-28,36,41H,8-9,20-24,29H2,1-7H3,(H,52,57)(H,53,54)/b30-28+. The third-order valence-electron chi connectivity index (χ3n) is 10.9. The van der Waals surface area contributed by atoms with Crippen LogP contribution < -0.4 is 15.4 Å². The lowest BCUT2D eigenvalue weighted by Crippen LogP contribution is -2.47. The van der Waals surface area contributed by atoms with Crippen LogP contribution in [-0.4, -0.2) is 73.7 Å². The van der Waals surface area contributed by atoms with Gasteiger partial charge in [0.15, 0.2) is 0 Å². The van der Waals surface area contributed by atoms with Gasteiger partial charge in [-0.05, 0) is 120 Å². The molecule has 1 saturated heterocycles. The first-order valence-electron chi connectivity index (χ1n) is 20.5. The average molecular weight is 920 g/mol. The van der Waals surface area contributed by atoms with Crippen molar-refractivity contribution in [3.8, 4) is 5.88 Å². The molecule has 62 heavy (non-hydrogen) atoms. The number of fused-ring (bicyclic) bond motifs is 1. The first kappa shape index (κ1) is 48.8. The smallest absolute Gasteiger partial charge is 0.485 e. The number of halogens is 5. The second-order valence-electron chi connectivity index (χ2n) is 16.9. The summed E-state index contributed by atoms with van der Waals surface area (Å²) in [5.41, 5.74) is -3.00. The van der Waals surface area contributed by atoms with Gasteiger partial charge >= 0.3 is 5.51 Å². The molecule has 0 saturated carbocycles. The lowest BCUT2D eigenvalue weighted by molar-refractivity contribution is -0.148. The van der Waals surface area contributed by atoms with Gasteiger partial charge in [0, 0.05) is 64.4 Å². The number of rotatable bonds is 19. The Morgan fingerprint density at radius 1 is 0.935 bits per heavy atom. The maximum absolute atomic E-state index is 13.4. The Morgan fingerprint density at radius 2 is 1.52 bits per heavy atom. The van der Waals surface area contributed by atoms with Crippen LogP contribution >= 0.6 is 23.2 Å². The van der Waals surface area contributed by atoms with E-state index in [1.54, 1.807) is 26.8 Å². The molecule has 0 radical (unpaired) electrons. The third-order valence-corrected chi connectivity index (χ3v) is 12.6. The predicted octanol–water partition coefficient (Wildman–Crippen LogP) is 10.9. The predicted molar refractivity (Wildman–Crippen MR) is 240 cm³/mol. The summed E-state index contributed by atoms with van der Waals surface area (Å²) in [5, 5.41) is 8.35. The van der Waals surface area contributed by atoms with Crippen LogP contribution in [0.3, 0.4) is 0 Å². The van der Waals surface area contributed by atoms with Crippen LogP contribution in [0.4, 0.5) is 18.9 Å². The highest BCUT2D eigenvalue weighted by atomic mass is 35.5. The van der Waals surface area contributed by atoms with Gasteiger partial charge in [-0.1, -0.05) is 60.5 Å². The van der Waals surface area contributed by atoms with Gasteiger partial charge < -0.3 is 29.6 Å². The molecule has 2 N–H and O–H groups in total. The summed E-state index contributed by atoms with van der Waals surface area (Å²) < 4.78 is 71.6. The van der Waals surface area contributed by atoms with E-state index in [4.69, 9.17) is 42.4 Å². The Labute approximate surface area is 374 Å². The number of hydrogen-bond donors (Lipinski definition) is 2. The zero-order chi connectivity index (χ0) is 45.5. The second-order valence-corrected chi connectivity index (χ2v) is 19.3. The Hall–Kier alpha value is -4.21. The minimum absolute atomic E-state index is 0.00757. The monoisotopic (exact) mass is 918 g/mol. The van der Waals surface area contributed by atoms with Crippen molar-refractivity contribution in [1.82, 2.24) is 14.6 Å². The van der Waals surface area contributed by atoms with Gasteiger partial charge in [-0.15, -0.1) is 0 Å². The number of ether oxygens (including phenoxy) is 3. The Morgan fingerprint density at radius 3 is 2.06 bits per heavy atom. The van der Waals surface area contributed by atoms with Crippen molar-refractivity contribution in [3.63, 3.8) is 0 Å². The molecule has 3 aromatic carbocycles. The third kappa shape index (κ3) is 13.2. The highest BCUT2D eigenvalue weighted by Gasteiger charge is 2.42. The first-order valence-corrected chi connectivity index (χ1v) is 22.4. The van der Waals surface area contributed by atoms with Crippen LogP contribution in [0, 0.1) is 0 Å². The largest absolute Gasteiger partial charge is 0.493 e. The van der Waals surface area contributed by atoms with Crippen molar-refractivity contribution < 1.29 is 41.2 Å². The molecule has 1 amide bonds. The molecule has 10 nitrogen and oxygen atoms in total. The van der Waals surface area contributed by atoms with E-state index in [0.717, 1.165) is 32.7 Å². The van der Waals surface area contributed by atoms with Crippen molar-refractivity contribution in [2.45, 2.75) is 115 Å². The van der Waals surface area contributed by atoms with E-state index in [1.807, 2.05) is 94.4 Å². The van der Waals surface area contributed by atoms with Crippen molar-refractivity contribution in [1.29, 1.82) is 0 Å². The van der Waals surface area contributed by atoms with Gasteiger partial charge in [0.25, 0.3) is 5.91 Å². The molecule has 2 atom stereocenters. The molecule has 1 fully saturated rings. The number of anilines is 1. The number of benzene rings is 3. The highest BCUT2D eigenvalue weighted by Crippen LogP contribution is 2.38. The van der Waals surface area contributed by atoms with Gasteiger partial charge in [-0.2, -0.15) is 13.2 Å². The number of hydrogen-bond acceptors (Lipinski definition) is 8. The number of nitrogens with one attached hydrogen (secondary N) is 2. The summed E-state index contributed by atoms with van der Waals surface area (Å²) in [6.07, 6.45) is 4.55. The van der Waals surface area contributed by atoms with Crippen LogP contribution in [0.15, 0.2) is 84.8 Å². The maximum Gasteiger partial charge on any atom is 0.485 e. The summed E-state index contributed by atoms with van der Waals surface area (Å²) in [5.74, 6) is -0.356. The van der Waals surface area contributed by atoms with Crippen molar-refractivity contribution in [2.75, 3.05) is 25.0 Å². The molecule has 2 heterocycles. The summed E-state index contributed by atoms with van der Waals surface area (Å²) in [4.78, 5) is 29.2. The molecule has 0 bridgehead atoms. The van der Waals surface area contributed by atoms with E-state index >= 15 is 0 Å². The Bertz CT molecular complexity index is 2190. The number of amides is 1. The summed E-state index contributed by atoms with van der Waals surface area (Å²) in [7, 11) is -3.09. The minimum Gasteiger partial charge on any atom is -0.493 e. The van der Waals surface area contributed by atoms with Gasteiger partial charge in [0.1, 0.15) is 29.4 Å². The van der Waals surface area contributed by atoms with E-state index in [2.05, 4.69) is 10.6 Å². The molecule has 0 aliphatic carbocycles. The topological polar surface area (TPSA) is 119 Å². The highest BCUT2D eigenvalue weighted by molar-refractivity contribution is 7.83. The van der Waals surface area contributed by atoms with E-state index in [1.165, 1.54) is 6.26 Å². The normalized spacial score (nSPS) is 16.2. The quantitative estimate of drug-likeness (QED) is 0.0542. The fourth-order valence-electron chi connectivity index (χ4n) is 7.00. The molecule has 1 aliphatic heterocycles. The van der Waals surface area contributed by atoms with E-state index in [0.29, 0.717) is 59.1 Å². The maximum atomic E-state index is 13.4. The molecule has 0 spiro atoms. The molecule has 336 valence electrons. The molecule has 5 rings (SSSR count). The number of piperidine rings is 1. The van der Waals surface area contributed by atoms with E-state index in [-0.39, 0.29) is 37.5 Å². The van der Waals surface area contributed by atoms with Crippen LogP contribution in [0.1, 0.15) is 103 Å². The number of aromatic nitrogens is 1. The molecular weight excluding hydrogens is 864 g/mol.